The Hall–Kier alpha value is -1.46. The highest BCUT2D eigenvalue weighted by atomic mass is 79.9. The van der Waals surface area contributed by atoms with E-state index in [0.29, 0.717) is 22.3 Å². The molecule has 2 aromatic rings. The van der Waals surface area contributed by atoms with Crippen LogP contribution in [0.5, 0.6) is 0 Å². The highest BCUT2D eigenvalue weighted by Gasteiger charge is 2.17. The number of hydrogen-bond acceptors (Lipinski definition) is 2. The van der Waals surface area contributed by atoms with Crippen molar-refractivity contribution >= 4 is 44.5 Å². The van der Waals surface area contributed by atoms with Crippen molar-refractivity contribution in [1.82, 2.24) is 0 Å². The molecule has 2 rings (SSSR count). The van der Waals surface area contributed by atoms with E-state index in [1.165, 1.54) is 0 Å². The van der Waals surface area contributed by atoms with E-state index in [2.05, 4.69) is 15.9 Å². The summed E-state index contributed by atoms with van der Waals surface area (Å²) in [6.07, 6.45) is 0. The number of nitrogens with two attached hydrogens (primary N) is 1. The zero-order valence-corrected chi connectivity index (χ0v) is 13.3. The molecule has 0 aliphatic carbocycles. The first-order valence-corrected chi connectivity index (χ1v) is 7.36. The van der Waals surface area contributed by atoms with Gasteiger partial charge in [0.2, 0.25) is 0 Å². The molecule has 0 bridgehead atoms. The van der Waals surface area contributed by atoms with Crippen molar-refractivity contribution in [2.75, 3.05) is 11.4 Å². The number of hydrogen-bond donors (Lipinski definition) is 1. The van der Waals surface area contributed by atoms with Crippen LogP contribution in [0.4, 0.5) is 15.8 Å². The van der Waals surface area contributed by atoms with Crippen LogP contribution in [0.2, 0.25) is 0 Å². The molecule has 0 aliphatic heterocycles. The fourth-order valence-electron chi connectivity index (χ4n) is 2.04. The third-order valence-electron chi connectivity index (χ3n) is 3.00. The van der Waals surface area contributed by atoms with E-state index in [9.17, 15) is 4.39 Å². The topological polar surface area (TPSA) is 29.3 Å². The summed E-state index contributed by atoms with van der Waals surface area (Å²) in [6, 6.07) is 13.1. The lowest BCUT2D eigenvalue weighted by Gasteiger charge is -2.24. The molecular weight excluding hydrogens is 339 g/mol. The molecule has 0 amide bonds. The van der Waals surface area contributed by atoms with E-state index in [0.717, 1.165) is 5.69 Å². The van der Waals surface area contributed by atoms with E-state index in [4.69, 9.17) is 18.0 Å². The summed E-state index contributed by atoms with van der Waals surface area (Å²) < 4.78 is 14.8. The zero-order valence-electron chi connectivity index (χ0n) is 10.9. The van der Waals surface area contributed by atoms with Gasteiger partial charge in [-0.25, -0.2) is 4.39 Å². The average Bonchev–Trinajstić information content (AvgIpc) is 2.45. The first kappa shape index (κ1) is 14.9. The maximum atomic E-state index is 14.5. The van der Waals surface area contributed by atoms with Gasteiger partial charge in [0.25, 0.3) is 0 Å². The van der Waals surface area contributed by atoms with Crippen LogP contribution in [0, 0.1) is 5.82 Å². The van der Waals surface area contributed by atoms with Crippen molar-refractivity contribution in [3.05, 3.63) is 58.3 Å². The van der Waals surface area contributed by atoms with Crippen LogP contribution in [-0.2, 0) is 0 Å². The molecule has 5 heteroatoms. The minimum absolute atomic E-state index is 0.171. The Morgan fingerprint density at radius 2 is 1.90 bits per heavy atom. The van der Waals surface area contributed by atoms with Gasteiger partial charge >= 0.3 is 0 Å². The summed E-state index contributed by atoms with van der Waals surface area (Å²) in [5.74, 6) is -0.360. The molecule has 2 N–H and O–H groups in total. The van der Waals surface area contributed by atoms with Crippen molar-refractivity contribution in [3.63, 3.8) is 0 Å². The van der Waals surface area contributed by atoms with Crippen LogP contribution in [0.25, 0.3) is 0 Å². The van der Waals surface area contributed by atoms with Gasteiger partial charge in [0, 0.05) is 17.8 Å². The van der Waals surface area contributed by atoms with Crippen LogP contribution >= 0.6 is 28.1 Å². The summed E-state index contributed by atoms with van der Waals surface area (Å²) in [6.45, 7) is 2.63. The quantitative estimate of drug-likeness (QED) is 0.827. The highest BCUT2D eigenvalue weighted by Crippen LogP contribution is 2.33. The third kappa shape index (κ3) is 2.83. The van der Waals surface area contributed by atoms with Gasteiger partial charge in [0.1, 0.15) is 4.99 Å². The van der Waals surface area contributed by atoms with Crippen LogP contribution in [0.1, 0.15) is 12.5 Å². The molecule has 2 aromatic carbocycles. The standard InChI is InChI=1S/C15H14BrFN2S/c1-2-19(10-6-4-3-5-7-10)12-9-8-11(15(18)20)13(16)14(12)17/h3-9H,2H2,1H3,(H2,18,20). The van der Waals surface area contributed by atoms with E-state index in [1.807, 2.05) is 42.2 Å². The Balaban J connectivity index is 2.52. The Morgan fingerprint density at radius 3 is 2.45 bits per heavy atom. The fourth-order valence-corrected chi connectivity index (χ4v) is 2.89. The number of rotatable bonds is 4. The Kier molecular flexibility index (Phi) is 4.73. The highest BCUT2D eigenvalue weighted by molar-refractivity contribution is 9.10. The fraction of sp³-hybridized carbons (Fsp3) is 0.133. The molecule has 20 heavy (non-hydrogen) atoms. The largest absolute Gasteiger partial charge is 0.389 e. The summed E-state index contributed by atoms with van der Waals surface area (Å²) in [4.78, 5) is 2.06. The van der Waals surface area contributed by atoms with Crippen LogP contribution < -0.4 is 10.6 Å². The maximum absolute atomic E-state index is 14.5. The first-order chi connectivity index (χ1) is 9.56. The van der Waals surface area contributed by atoms with Crippen LogP contribution in [0.3, 0.4) is 0 Å². The van der Waals surface area contributed by atoms with Gasteiger partial charge in [0.05, 0.1) is 10.2 Å². The first-order valence-electron chi connectivity index (χ1n) is 6.16. The second-order valence-corrected chi connectivity index (χ2v) is 5.44. The second kappa shape index (κ2) is 6.33. The molecule has 2 nitrogen and oxygen atoms in total. The average molecular weight is 353 g/mol. The maximum Gasteiger partial charge on any atom is 0.161 e. The molecule has 0 unspecified atom stereocenters. The molecule has 0 aromatic heterocycles. The number of halogens is 2. The Morgan fingerprint density at radius 1 is 1.25 bits per heavy atom. The normalized spacial score (nSPS) is 10.3. The smallest absolute Gasteiger partial charge is 0.161 e. The molecule has 0 radical (unpaired) electrons. The Bertz CT molecular complexity index is 631. The van der Waals surface area contributed by atoms with Crippen LogP contribution in [0.15, 0.2) is 46.9 Å². The Labute approximate surface area is 131 Å². The number of para-hydroxylation sites is 1. The number of anilines is 2. The lowest BCUT2D eigenvalue weighted by molar-refractivity contribution is 0.619. The number of benzene rings is 2. The molecule has 104 valence electrons. The van der Waals surface area contributed by atoms with Crippen LogP contribution in [-0.4, -0.2) is 11.5 Å². The van der Waals surface area contributed by atoms with Crippen molar-refractivity contribution in [2.45, 2.75) is 6.92 Å². The van der Waals surface area contributed by atoms with Gasteiger partial charge in [-0.1, -0.05) is 30.4 Å². The van der Waals surface area contributed by atoms with Crippen molar-refractivity contribution in [3.8, 4) is 0 Å². The third-order valence-corrected chi connectivity index (χ3v) is 4.00. The molecule has 0 heterocycles. The van der Waals surface area contributed by atoms with Crippen molar-refractivity contribution in [1.29, 1.82) is 0 Å². The second-order valence-electron chi connectivity index (χ2n) is 4.20. The lowest BCUT2D eigenvalue weighted by Crippen LogP contribution is -2.19. The minimum atomic E-state index is -0.360. The number of thiocarbonyl (C=S) groups is 1. The summed E-state index contributed by atoms with van der Waals surface area (Å²) in [5, 5.41) is 0. The molecule has 0 saturated heterocycles. The van der Waals surface area contributed by atoms with Crippen molar-refractivity contribution in [2.24, 2.45) is 5.73 Å². The zero-order chi connectivity index (χ0) is 14.7. The molecule has 0 fully saturated rings. The number of nitrogens with zero attached hydrogens (tertiary/aromatic N) is 1. The van der Waals surface area contributed by atoms with Gasteiger partial charge in [-0.05, 0) is 47.1 Å². The van der Waals surface area contributed by atoms with E-state index >= 15 is 0 Å². The summed E-state index contributed by atoms with van der Waals surface area (Å²) >= 11 is 8.14. The molecule has 0 spiro atoms. The summed E-state index contributed by atoms with van der Waals surface area (Å²) in [5.41, 5.74) is 7.50. The molecular formula is C15H14BrFN2S. The SMILES string of the molecule is CCN(c1ccccc1)c1ccc(C(N)=S)c(Br)c1F. The molecule has 0 aliphatic rings. The van der Waals surface area contributed by atoms with E-state index in [1.54, 1.807) is 12.1 Å². The predicted molar refractivity (Wildman–Crippen MR) is 89.1 cm³/mol. The van der Waals surface area contributed by atoms with Gasteiger partial charge in [-0.15, -0.1) is 0 Å². The van der Waals surface area contributed by atoms with Gasteiger partial charge in [0.15, 0.2) is 5.82 Å². The predicted octanol–water partition coefficient (Wildman–Crippen LogP) is 4.38. The van der Waals surface area contributed by atoms with Gasteiger partial charge in [-0.2, -0.15) is 0 Å². The van der Waals surface area contributed by atoms with Gasteiger partial charge in [-0.3, -0.25) is 0 Å². The lowest BCUT2D eigenvalue weighted by atomic mass is 10.1. The molecule has 0 atom stereocenters. The van der Waals surface area contributed by atoms with Crippen molar-refractivity contribution < 1.29 is 4.39 Å². The van der Waals surface area contributed by atoms with E-state index < -0.39 is 0 Å². The minimum Gasteiger partial charge on any atom is -0.389 e. The summed E-state index contributed by atoms with van der Waals surface area (Å²) in [7, 11) is 0. The van der Waals surface area contributed by atoms with Gasteiger partial charge < -0.3 is 10.6 Å². The monoisotopic (exact) mass is 352 g/mol. The van der Waals surface area contributed by atoms with E-state index in [-0.39, 0.29) is 10.8 Å². The molecule has 0 saturated carbocycles.